The first-order chi connectivity index (χ1) is 11.1. The number of Topliss-reactive ketones (excluding diaryl/α,β-unsaturated/α-hetero) is 3. The topological polar surface area (TPSA) is 123 Å². The third-order valence-corrected chi connectivity index (χ3v) is 1.54. The second-order valence-corrected chi connectivity index (χ2v) is 5.88. The largest absolute Gasteiger partial charge is 0.366 e. The van der Waals surface area contributed by atoms with Crippen LogP contribution in [0, 0.1) is 0 Å². The van der Waals surface area contributed by atoms with Gasteiger partial charge in [-0.3, -0.25) is 14.4 Å². The minimum absolute atomic E-state index is 0.0596. The van der Waals surface area contributed by atoms with Gasteiger partial charge in [-0.2, -0.15) is 0 Å². The molecule has 0 rings (SSSR count). The Hall–Kier alpha value is -2.57. The molecule has 0 aliphatic rings. The lowest BCUT2D eigenvalue weighted by molar-refractivity contribution is -0.121. The first-order valence-electron chi connectivity index (χ1n) is 7.41. The summed E-state index contributed by atoms with van der Waals surface area (Å²) in [5, 5.41) is 2.66. The maximum Gasteiger partial charge on any atom is 0.243 e. The molecule has 0 aromatic heterocycles. The molecular formula is C18H32N2O5. The summed E-state index contributed by atoms with van der Waals surface area (Å²) in [6.07, 6.45) is 2.59. The van der Waals surface area contributed by atoms with Gasteiger partial charge in [0.25, 0.3) is 0 Å². The van der Waals surface area contributed by atoms with Crippen molar-refractivity contribution in [1.29, 1.82) is 0 Å². The van der Waals surface area contributed by atoms with Crippen LogP contribution in [0.4, 0.5) is 0 Å². The summed E-state index contributed by atoms with van der Waals surface area (Å²) < 4.78 is 0. The van der Waals surface area contributed by atoms with E-state index in [9.17, 15) is 24.0 Å². The van der Waals surface area contributed by atoms with Crippen molar-refractivity contribution >= 4 is 29.2 Å². The van der Waals surface area contributed by atoms with Crippen molar-refractivity contribution in [3.8, 4) is 0 Å². The summed E-state index contributed by atoms with van der Waals surface area (Å²) in [6, 6.07) is 0. The Labute approximate surface area is 150 Å². The molecular weight excluding hydrogens is 324 g/mol. The number of carbonyl (C=O) groups excluding carboxylic acids is 5. The number of ketones is 3. The average Bonchev–Trinajstić information content (AvgIpc) is 2.35. The van der Waals surface area contributed by atoms with Crippen LogP contribution in [0.2, 0.25) is 0 Å². The predicted octanol–water partition coefficient (Wildman–Crippen LogP) is 1.89. The molecule has 25 heavy (non-hydrogen) atoms. The van der Waals surface area contributed by atoms with E-state index in [1.807, 2.05) is 0 Å². The Balaban J connectivity index is -0.000000140. The third-order valence-electron chi connectivity index (χ3n) is 1.54. The third kappa shape index (κ3) is 61.9. The number of rotatable bonds is 5. The van der Waals surface area contributed by atoms with E-state index in [1.165, 1.54) is 40.7 Å². The first kappa shape index (κ1) is 30.3. The van der Waals surface area contributed by atoms with Crippen LogP contribution in [0.15, 0.2) is 25.3 Å². The second-order valence-electron chi connectivity index (χ2n) is 5.88. The van der Waals surface area contributed by atoms with Crippen LogP contribution in [-0.2, 0) is 24.0 Å². The van der Waals surface area contributed by atoms with Gasteiger partial charge in [-0.1, -0.05) is 13.2 Å². The Morgan fingerprint density at radius 1 is 0.880 bits per heavy atom. The molecule has 7 heteroatoms. The van der Waals surface area contributed by atoms with Gasteiger partial charge >= 0.3 is 0 Å². The molecule has 0 aliphatic carbocycles. The molecule has 0 atom stereocenters. The van der Waals surface area contributed by atoms with E-state index in [2.05, 4.69) is 24.2 Å². The molecule has 0 saturated carbocycles. The summed E-state index contributed by atoms with van der Waals surface area (Å²) in [4.78, 5) is 50.0. The van der Waals surface area contributed by atoms with Crippen molar-refractivity contribution in [2.24, 2.45) is 5.73 Å². The van der Waals surface area contributed by atoms with Gasteiger partial charge in [0, 0.05) is 12.0 Å². The highest BCUT2D eigenvalue weighted by Gasteiger charge is 2.20. The highest BCUT2D eigenvalue weighted by molar-refractivity contribution is 5.88. The number of hydrogen-bond donors (Lipinski definition) is 2. The molecule has 144 valence electrons. The minimum atomic E-state index is -0.481. The van der Waals surface area contributed by atoms with Crippen molar-refractivity contribution in [1.82, 2.24) is 5.32 Å². The molecule has 0 aromatic rings. The van der Waals surface area contributed by atoms with Crippen molar-refractivity contribution in [2.45, 2.75) is 60.4 Å². The lowest BCUT2D eigenvalue weighted by atomic mass is 9.98. The van der Waals surface area contributed by atoms with Crippen LogP contribution in [0.5, 0.6) is 0 Å². The fourth-order valence-corrected chi connectivity index (χ4v) is 1.05. The number of hydrogen-bond acceptors (Lipinski definition) is 5. The fourth-order valence-electron chi connectivity index (χ4n) is 1.05. The zero-order valence-corrected chi connectivity index (χ0v) is 16.4. The SMILES string of the molecule is C=CC(=O)NC(C)(C)CC(C)=O.C=CC(N)=O.CC(C)=O.CC(C)=O. The molecule has 0 unspecified atom stereocenters. The van der Waals surface area contributed by atoms with Gasteiger partial charge in [0.2, 0.25) is 11.8 Å². The van der Waals surface area contributed by atoms with Crippen molar-refractivity contribution < 1.29 is 24.0 Å². The van der Waals surface area contributed by atoms with Gasteiger partial charge in [-0.05, 0) is 60.6 Å². The van der Waals surface area contributed by atoms with E-state index in [1.54, 1.807) is 13.8 Å². The standard InChI is InChI=1S/C9H15NO2.C3H5NO.2C3H6O/c1-5-8(12)10-9(3,4)6-7(2)11;1-2-3(4)5;2*1-3(2)4/h5H,1,6H2,2-4H3,(H,10,12);2H,1H2,(H2,4,5);2*1-2H3. The number of nitrogens with two attached hydrogens (primary N) is 1. The molecule has 7 nitrogen and oxygen atoms in total. The molecule has 2 amide bonds. The molecule has 3 N–H and O–H groups in total. The lowest BCUT2D eigenvalue weighted by Crippen LogP contribution is -2.43. The summed E-state index contributed by atoms with van der Waals surface area (Å²) in [5.74, 6) is -0.337. The zero-order valence-electron chi connectivity index (χ0n) is 16.4. The molecule has 0 fully saturated rings. The van der Waals surface area contributed by atoms with Crippen LogP contribution < -0.4 is 11.1 Å². The predicted molar refractivity (Wildman–Crippen MR) is 99.8 cm³/mol. The Morgan fingerprint density at radius 3 is 1.32 bits per heavy atom. The smallest absolute Gasteiger partial charge is 0.243 e. The minimum Gasteiger partial charge on any atom is -0.366 e. The maximum atomic E-state index is 10.9. The van der Waals surface area contributed by atoms with Gasteiger partial charge in [-0.15, -0.1) is 0 Å². The van der Waals surface area contributed by atoms with Crippen molar-refractivity contribution in [3.63, 3.8) is 0 Å². The lowest BCUT2D eigenvalue weighted by Gasteiger charge is -2.23. The monoisotopic (exact) mass is 356 g/mol. The normalized spacial score (nSPS) is 8.44. The van der Waals surface area contributed by atoms with E-state index in [4.69, 9.17) is 0 Å². The van der Waals surface area contributed by atoms with Crippen LogP contribution in [0.3, 0.4) is 0 Å². The van der Waals surface area contributed by atoms with Crippen LogP contribution in [0.25, 0.3) is 0 Å². The second kappa shape index (κ2) is 17.8. The van der Waals surface area contributed by atoms with E-state index < -0.39 is 11.4 Å². The number of nitrogens with one attached hydrogen (secondary N) is 1. The highest BCUT2D eigenvalue weighted by atomic mass is 16.2. The van der Waals surface area contributed by atoms with E-state index in [0.717, 1.165) is 6.08 Å². The van der Waals surface area contributed by atoms with Gasteiger partial charge in [0.15, 0.2) is 0 Å². The Kier molecular flexibility index (Phi) is 21.6. The van der Waals surface area contributed by atoms with Crippen LogP contribution >= 0.6 is 0 Å². The Bertz CT molecular complexity index is 460. The molecule has 0 aliphatic heterocycles. The van der Waals surface area contributed by atoms with Gasteiger partial charge in [-0.25, -0.2) is 0 Å². The highest BCUT2D eigenvalue weighted by Crippen LogP contribution is 2.08. The molecule has 0 heterocycles. The molecule has 0 bridgehead atoms. The van der Waals surface area contributed by atoms with Crippen LogP contribution in [0.1, 0.15) is 54.9 Å². The molecule has 0 radical (unpaired) electrons. The van der Waals surface area contributed by atoms with Crippen LogP contribution in [-0.4, -0.2) is 34.7 Å². The van der Waals surface area contributed by atoms with E-state index >= 15 is 0 Å². The maximum absolute atomic E-state index is 10.9. The van der Waals surface area contributed by atoms with Crippen molar-refractivity contribution in [2.75, 3.05) is 0 Å². The summed E-state index contributed by atoms with van der Waals surface area (Å²) in [7, 11) is 0. The van der Waals surface area contributed by atoms with E-state index in [0.29, 0.717) is 6.42 Å². The van der Waals surface area contributed by atoms with E-state index in [-0.39, 0.29) is 23.3 Å². The van der Waals surface area contributed by atoms with Gasteiger partial charge in [0.1, 0.15) is 17.3 Å². The number of amides is 2. The summed E-state index contributed by atoms with van der Waals surface area (Å²) >= 11 is 0. The summed E-state index contributed by atoms with van der Waals surface area (Å²) in [6.45, 7) is 17.6. The van der Waals surface area contributed by atoms with Gasteiger partial charge < -0.3 is 20.6 Å². The molecule has 0 spiro atoms. The first-order valence-corrected chi connectivity index (χ1v) is 7.41. The number of carbonyl (C=O) groups is 5. The number of primary amides is 1. The Morgan fingerprint density at radius 2 is 1.16 bits per heavy atom. The zero-order chi connectivity index (χ0) is 21.2. The quantitative estimate of drug-likeness (QED) is 0.728. The fraction of sp³-hybridized carbons (Fsp3) is 0.500. The average molecular weight is 356 g/mol. The summed E-state index contributed by atoms with van der Waals surface area (Å²) in [5.41, 5.74) is 4.06. The van der Waals surface area contributed by atoms with Gasteiger partial charge in [0.05, 0.1) is 0 Å². The molecule has 0 aromatic carbocycles. The molecule has 0 saturated heterocycles. The van der Waals surface area contributed by atoms with Crippen molar-refractivity contribution in [3.05, 3.63) is 25.3 Å².